The highest BCUT2D eigenvalue weighted by atomic mass is 15.4. The van der Waals surface area contributed by atoms with E-state index in [-0.39, 0.29) is 6.17 Å². The number of para-hydroxylation sites is 2. The number of nitrogens with zero attached hydrogens (tertiary/aromatic N) is 4. The Kier molecular flexibility index (Phi) is 5.08. The Morgan fingerprint density at radius 3 is 2.52 bits per heavy atom. The van der Waals surface area contributed by atoms with Crippen molar-refractivity contribution in [3.05, 3.63) is 54.1 Å². The van der Waals surface area contributed by atoms with Crippen LogP contribution in [0, 0.1) is 11.3 Å². The summed E-state index contributed by atoms with van der Waals surface area (Å²) in [4.78, 5) is 13.2. The van der Waals surface area contributed by atoms with E-state index in [2.05, 4.69) is 33.8 Å². The lowest BCUT2D eigenvalue weighted by atomic mass is 10.1. The molecule has 1 N–H and O–H groups in total. The predicted molar refractivity (Wildman–Crippen MR) is 109 cm³/mol. The van der Waals surface area contributed by atoms with Gasteiger partial charge in [0.2, 0.25) is 5.95 Å². The third-order valence-electron chi connectivity index (χ3n) is 5.35. The van der Waals surface area contributed by atoms with Gasteiger partial charge in [-0.1, -0.05) is 25.5 Å². The molecule has 27 heavy (non-hydrogen) atoms. The lowest BCUT2D eigenvalue weighted by Crippen LogP contribution is -2.48. The van der Waals surface area contributed by atoms with E-state index in [1.54, 1.807) is 0 Å². The van der Waals surface area contributed by atoms with Crippen LogP contribution in [0.3, 0.4) is 0 Å². The predicted octanol–water partition coefficient (Wildman–Crippen LogP) is 4.79. The molecule has 2 aromatic carbocycles. The summed E-state index contributed by atoms with van der Waals surface area (Å²) in [7, 11) is 0. The van der Waals surface area contributed by atoms with E-state index in [1.165, 1.54) is 19.3 Å². The number of H-pyrrole nitrogens is 1. The topological polar surface area (TPSA) is 58.9 Å². The van der Waals surface area contributed by atoms with E-state index in [1.807, 2.05) is 42.5 Å². The number of aromatic amines is 1. The summed E-state index contributed by atoms with van der Waals surface area (Å²) < 4.78 is 0. The first-order valence-corrected chi connectivity index (χ1v) is 9.78. The number of fused-ring (bicyclic) bond motifs is 1. The summed E-state index contributed by atoms with van der Waals surface area (Å²) in [5.41, 5.74) is 3.75. The van der Waals surface area contributed by atoms with E-state index in [0.717, 1.165) is 42.2 Å². The molecule has 5 heteroatoms. The van der Waals surface area contributed by atoms with Crippen LogP contribution in [0.15, 0.2) is 48.5 Å². The molecule has 3 aromatic rings. The van der Waals surface area contributed by atoms with Crippen LogP contribution in [-0.2, 0) is 0 Å². The standard InChI is InChI=1S/C22H25N5/c1-2-21(26-14-6-3-7-15-26)27(18-12-10-17(16-23)11-13-18)22-24-19-8-4-5-9-20(19)25-22/h4-5,8-13,21H,2-3,6-7,14-15H2,1H3,(H,24,25). The van der Waals surface area contributed by atoms with E-state index in [9.17, 15) is 0 Å². The average Bonchev–Trinajstić information content (AvgIpc) is 3.16. The quantitative estimate of drug-likeness (QED) is 0.711. The van der Waals surface area contributed by atoms with E-state index >= 15 is 0 Å². The second-order valence-corrected chi connectivity index (χ2v) is 7.09. The molecule has 0 spiro atoms. The molecule has 1 fully saturated rings. The number of anilines is 2. The van der Waals surface area contributed by atoms with Crippen molar-refractivity contribution < 1.29 is 0 Å². The van der Waals surface area contributed by atoms with Gasteiger partial charge in [0.1, 0.15) is 0 Å². The first-order chi connectivity index (χ1) is 13.3. The molecule has 1 atom stereocenters. The lowest BCUT2D eigenvalue weighted by molar-refractivity contribution is 0.161. The Morgan fingerprint density at radius 2 is 1.85 bits per heavy atom. The average molecular weight is 359 g/mol. The van der Waals surface area contributed by atoms with Crippen LogP contribution in [0.25, 0.3) is 11.0 Å². The van der Waals surface area contributed by atoms with Gasteiger partial charge < -0.3 is 4.98 Å². The van der Waals surface area contributed by atoms with E-state index in [0.29, 0.717) is 5.56 Å². The molecule has 1 unspecified atom stereocenters. The largest absolute Gasteiger partial charge is 0.324 e. The van der Waals surface area contributed by atoms with Gasteiger partial charge in [-0.25, -0.2) is 4.98 Å². The fourth-order valence-electron chi connectivity index (χ4n) is 4.01. The summed E-state index contributed by atoms with van der Waals surface area (Å²) in [5.74, 6) is 0.860. The maximum absolute atomic E-state index is 9.15. The van der Waals surface area contributed by atoms with E-state index < -0.39 is 0 Å². The molecular formula is C22H25N5. The SMILES string of the molecule is CCC(N1CCCCC1)N(c1ccc(C#N)cc1)c1nc2ccccc2[nH]1. The Bertz CT molecular complexity index is 898. The van der Waals surface area contributed by atoms with Crippen molar-refractivity contribution in [2.24, 2.45) is 0 Å². The minimum Gasteiger partial charge on any atom is -0.324 e. The molecule has 138 valence electrons. The number of benzene rings is 2. The van der Waals surface area contributed by atoms with Crippen LogP contribution in [0.1, 0.15) is 38.2 Å². The van der Waals surface area contributed by atoms with Gasteiger partial charge in [0, 0.05) is 18.8 Å². The maximum Gasteiger partial charge on any atom is 0.209 e. The fraction of sp³-hybridized carbons (Fsp3) is 0.364. The molecule has 0 bridgehead atoms. The Balaban J connectivity index is 1.78. The highest BCUT2D eigenvalue weighted by molar-refractivity contribution is 5.79. The number of rotatable bonds is 5. The van der Waals surface area contributed by atoms with Crippen LogP contribution in [-0.4, -0.2) is 34.1 Å². The second kappa shape index (κ2) is 7.81. The summed E-state index contributed by atoms with van der Waals surface area (Å²) in [6.07, 6.45) is 5.04. The first-order valence-electron chi connectivity index (χ1n) is 9.78. The third kappa shape index (κ3) is 3.54. The molecule has 1 aliphatic heterocycles. The number of likely N-dealkylation sites (tertiary alicyclic amines) is 1. The second-order valence-electron chi connectivity index (χ2n) is 7.09. The molecule has 0 radical (unpaired) electrons. The normalized spacial score (nSPS) is 16.1. The van der Waals surface area contributed by atoms with Crippen molar-refractivity contribution in [1.82, 2.24) is 14.9 Å². The van der Waals surface area contributed by atoms with Gasteiger partial charge in [0.25, 0.3) is 0 Å². The van der Waals surface area contributed by atoms with Crippen LogP contribution >= 0.6 is 0 Å². The van der Waals surface area contributed by atoms with Crippen molar-refractivity contribution in [2.75, 3.05) is 18.0 Å². The van der Waals surface area contributed by atoms with Crippen LogP contribution in [0.5, 0.6) is 0 Å². The number of aromatic nitrogens is 2. The Labute approximate surface area is 160 Å². The third-order valence-corrected chi connectivity index (χ3v) is 5.35. The molecule has 4 rings (SSSR count). The summed E-state index contributed by atoms with van der Waals surface area (Å²) in [5, 5.41) is 9.15. The Morgan fingerprint density at radius 1 is 1.11 bits per heavy atom. The number of nitrogens with one attached hydrogen (secondary N) is 1. The van der Waals surface area contributed by atoms with Crippen LogP contribution in [0.4, 0.5) is 11.6 Å². The van der Waals surface area contributed by atoms with Gasteiger partial charge in [0.15, 0.2) is 0 Å². The van der Waals surface area contributed by atoms with Gasteiger partial charge >= 0.3 is 0 Å². The number of imidazole rings is 1. The van der Waals surface area contributed by atoms with Gasteiger partial charge in [-0.05, 0) is 55.7 Å². The number of hydrogen-bond acceptors (Lipinski definition) is 4. The minimum absolute atomic E-state index is 0.235. The molecule has 1 aromatic heterocycles. The van der Waals surface area contributed by atoms with E-state index in [4.69, 9.17) is 10.2 Å². The van der Waals surface area contributed by atoms with Crippen molar-refractivity contribution in [1.29, 1.82) is 5.26 Å². The van der Waals surface area contributed by atoms with Crippen molar-refractivity contribution >= 4 is 22.7 Å². The molecule has 0 amide bonds. The molecule has 2 heterocycles. The Hall–Kier alpha value is -2.84. The lowest BCUT2D eigenvalue weighted by Gasteiger charge is -2.41. The van der Waals surface area contributed by atoms with Gasteiger partial charge in [0.05, 0.1) is 28.8 Å². The van der Waals surface area contributed by atoms with Crippen LogP contribution in [0.2, 0.25) is 0 Å². The molecular weight excluding hydrogens is 334 g/mol. The highest BCUT2D eigenvalue weighted by Gasteiger charge is 2.28. The zero-order valence-corrected chi connectivity index (χ0v) is 15.7. The zero-order chi connectivity index (χ0) is 18.6. The molecule has 0 aliphatic carbocycles. The number of nitriles is 1. The van der Waals surface area contributed by atoms with Crippen molar-refractivity contribution in [2.45, 2.75) is 38.8 Å². The summed E-state index contributed by atoms with van der Waals surface area (Å²) >= 11 is 0. The fourth-order valence-corrected chi connectivity index (χ4v) is 4.01. The maximum atomic E-state index is 9.15. The summed E-state index contributed by atoms with van der Waals surface area (Å²) in [6, 6.07) is 18.2. The zero-order valence-electron chi connectivity index (χ0n) is 15.7. The highest BCUT2D eigenvalue weighted by Crippen LogP contribution is 2.31. The van der Waals surface area contributed by atoms with Gasteiger partial charge in [-0.2, -0.15) is 5.26 Å². The minimum atomic E-state index is 0.235. The first kappa shape index (κ1) is 17.6. The van der Waals surface area contributed by atoms with Crippen LogP contribution < -0.4 is 4.90 Å². The summed E-state index contributed by atoms with van der Waals surface area (Å²) in [6.45, 7) is 4.47. The smallest absolute Gasteiger partial charge is 0.209 e. The van der Waals surface area contributed by atoms with Gasteiger partial charge in [-0.3, -0.25) is 9.80 Å². The molecule has 1 aliphatic rings. The monoisotopic (exact) mass is 359 g/mol. The number of hydrogen-bond donors (Lipinski definition) is 1. The molecule has 0 saturated carbocycles. The van der Waals surface area contributed by atoms with Crippen molar-refractivity contribution in [3.63, 3.8) is 0 Å². The number of piperidine rings is 1. The molecule has 5 nitrogen and oxygen atoms in total. The van der Waals surface area contributed by atoms with Gasteiger partial charge in [-0.15, -0.1) is 0 Å². The molecule has 1 saturated heterocycles. The van der Waals surface area contributed by atoms with Crippen molar-refractivity contribution in [3.8, 4) is 6.07 Å².